The summed E-state index contributed by atoms with van der Waals surface area (Å²) in [5, 5.41) is 17.6. The number of rotatable bonds is 20. The summed E-state index contributed by atoms with van der Waals surface area (Å²) in [6.07, 6.45) is 2.02. The first-order valence-corrected chi connectivity index (χ1v) is 12.4. The topological polar surface area (TPSA) is 146 Å². The summed E-state index contributed by atoms with van der Waals surface area (Å²) < 4.78 is 20.8. The van der Waals surface area contributed by atoms with Gasteiger partial charge in [0, 0.05) is 35.2 Å². The molecule has 0 radical (unpaired) electrons. The minimum Gasteiger partial charge on any atom is -0.465 e. The zero-order valence-electron chi connectivity index (χ0n) is 18.5. The molecule has 0 spiro atoms. The van der Waals surface area contributed by atoms with Crippen LogP contribution in [-0.4, -0.2) is 96.7 Å². The molecule has 0 atom stereocenters. The standard InChI is InChI=1S/C21H32O10S2/c1-3-17(24)28-13-21(14-29-18(25)4-2,15-30-19(26)5-9-32-11-7-22)16-31-20(27)6-10-33-12-8-23/h3-4,22-23H,1-2,5-16H2. The van der Waals surface area contributed by atoms with Crippen molar-refractivity contribution in [2.24, 2.45) is 5.41 Å². The van der Waals surface area contributed by atoms with Crippen LogP contribution in [0.1, 0.15) is 12.8 Å². The Kier molecular flexibility index (Phi) is 18.3. The van der Waals surface area contributed by atoms with Crippen LogP contribution in [0.3, 0.4) is 0 Å². The number of carbonyl (C=O) groups is 4. The maximum atomic E-state index is 12.1. The Morgan fingerprint density at radius 1 is 0.667 bits per heavy atom. The van der Waals surface area contributed by atoms with E-state index in [2.05, 4.69) is 13.2 Å². The highest BCUT2D eigenvalue weighted by Gasteiger charge is 2.37. The Balaban J connectivity index is 5.23. The van der Waals surface area contributed by atoms with Crippen molar-refractivity contribution in [3.63, 3.8) is 0 Å². The monoisotopic (exact) mass is 508 g/mol. The lowest BCUT2D eigenvalue weighted by atomic mass is 9.92. The molecular weight excluding hydrogens is 476 g/mol. The van der Waals surface area contributed by atoms with Crippen molar-refractivity contribution in [3.8, 4) is 0 Å². The Hall–Kier alpha value is -2.02. The van der Waals surface area contributed by atoms with Gasteiger partial charge in [0.25, 0.3) is 0 Å². The summed E-state index contributed by atoms with van der Waals surface area (Å²) in [7, 11) is 0. The van der Waals surface area contributed by atoms with Gasteiger partial charge in [0.15, 0.2) is 0 Å². The smallest absolute Gasteiger partial charge is 0.330 e. The van der Waals surface area contributed by atoms with Crippen molar-refractivity contribution >= 4 is 47.4 Å². The number of thioether (sulfide) groups is 2. The second-order valence-corrected chi connectivity index (χ2v) is 9.07. The van der Waals surface area contributed by atoms with Gasteiger partial charge in [-0.1, -0.05) is 13.2 Å². The zero-order chi connectivity index (χ0) is 25.0. The van der Waals surface area contributed by atoms with Crippen molar-refractivity contribution in [1.29, 1.82) is 0 Å². The lowest BCUT2D eigenvalue weighted by Crippen LogP contribution is -2.43. The van der Waals surface area contributed by atoms with E-state index in [0.717, 1.165) is 12.2 Å². The predicted octanol–water partition coefficient (Wildman–Crippen LogP) is 0.749. The third-order valence-corrected chi connectivity index (χ3v) is 5.75. The van der Waals surface area contributed by atoms with Gasteiger partial charge in [0.2, 0.25) is 0 Å². The van der Waals surface area contributed by atoms with E-state index in [1.54, 1.807) is 0 Å². The molecule has 0 rings (SSSR count). The molecule has 0 amide bonds. The van der Waals surface area contributed by atoms with E-state index in [0.29, 0.717) is 23.0 Å². The summed E-state index contributed by atoms with van der Waals surface area (Å²) in [6, 6.07) is 0. The van der Waals surface area contributed by atoms with Gasteiger partial charge in [-0.2, -0.15) is 23.5 Å². The van der Waals surface area contributed by atoms with Crippen LogP contribution < -0.4 is 0 Å². The summed E-state index contributed by atoms with van der Waals surface area (Å²) in [5.74, 6) is -0.783. The van der Waals surface area contributed by atoms with Gasteiger partial charge >= 0.3 is 23.9 Å². The van der Waals surface area contributed by atoms with Gasteiger partial charge in [-0.3, -0.25) is 9.59 Å². The second kappa shape index (κ2) is 19.4. The number of esters is 4. The van der Waals surface area contributed by atoms with E-state index < -0.39 is 29.3 Å². The molecule has 0 bridgehead atoms. The number of carbonyl (C=O) groups excluding carboxylic acids is 4. The number of aliphatic hydroxyl groups is 2. The van der Waals surface area contributed by atoms with E-state index in [-0.39, 0.29) is 52.5 Å². The quantitative estimate of drug-likeness (QED) is 0.104. The highest BCUT2D eigenvalue weighted by Crippen LogP contribution is 2.22. The Morgan fingerprint density at radius 3 is 1.36 bits per heavy atom. The molecule has 0 aliphatic heterocycles. The Morgan fingerprint density at radius 2 is 1.03 bits per heavy atom. The Bertz CT molecular complexity index is 585. The van der Waals surface area contributed by atoms with Crippen LogP contribution in [0.25, 0.3) is 0 Å². The molecule has 0 aromatic heterocycles. The van der Waals surface area contributed by atoms with Gasteiger partial charge in [0.1, 0.15) is 31.8 Å². The van der Waals surface area contributed by atoms with Gasteiger partial charge in [-0.25, -0.2) is 9.59 Å². The Labute approximate surface area is 202 Å². The first-order valence-electron chi connectivity index (χ1n) is 10.1. The SMILES string of the molecule is C=CC(=O)OCC(COC(=O)C=C)(COC(=O)CCSCCO)COC(=O)CCSCCO. The molecule has 0 aromatic rings. The zero-order valence-corrected chi connectivity index (χ0v) is 20.2. The van der Waals surface area contributed by atoms with Gasteiger partial charge in [-0.05, 0) is 0 Å². The molecule has 2 N–H and O–H groups in total. The van der Waals surface area contributed by atoms with Crippen LogP contribution in [0, 0.1) is 5.41 Å². The highest BCUT2D eigenvalue weighted by molar-refractivity contribution is 7.99. The maximum Gasteiger partial charge on any atom is 0.330 e. The molecule has 10 nitrogen and oxygen atoms in total. The molecule has 0 heterocycles. The first kappa shape index (κ1) is 31.0. The fourth-order valence-electron chi connectivity index (χ4n) is 2.07. The van der Waals surface area contributed by atoms with Crippen molar-refractivity contribution in [3.05, 3.63) is 25.3 Å². The number of aliphatic hydroxyl groups excluding tert-OH is 2. The molecule has 0 unspecified atom stereocenters. The van der Waals surface area contributed by atoms with E-state index >= 15 is 0 Å². The summed E-state index contributed by atoms with van der Waals surface area (Å²) in [4.78, 5) is 47.4. The van der Waals surface area contributed by atoms with Crippen LogP contribution >= 0.6 is 23.5 Å². The fourth-order valence-corrected chi connectivity index (χ4v) is 3.36. The fraction of sp³-hybridized carbons (Fsp3) is 0.619. The number of hydrogen-bond donors (Lipinski definition) is 2. The largest absolute Gasteiger partial charge is 0.465 e. The minimum absolute atomic E-state index is 0.00393. The molecule has 0 saturated heterocycles. The van der Waals surface area contributed by atoms with E-state index in [1.807, 2.05) is 0 Å². The summed E-state index contributed by atoms with van der Waals surface area (Å²) in [6.45, 7) is 5.17. The lowest BCUT2D eigenvalue weighted by Gasteiger charge is -2.31. The number of hydrogen-bond acceptors (Lipinski definition) is 12. The number of ether oxygens (including phenoxy) is 4. The average molecular weight is 509 g/mol. The van der Waals surface area contributed by atoms with Crippen LogP contribution in [0.2, 0.25) is 0 Å². The highest BCUT2D eigenvalue weighted by atomic mass is 32.2. The van der Waals surface area contributed by atoms with Crippen LogP contribution in [0.15, 0.2) is 25.3 Å². The molecule has 33 heavy (non-hydrogen) atoms. The van der Waals surface area contributed by atoms with Crippen molar-refractivity contribution < 1.29 is 48.3 Å². The predicted molar refractivity (Wildman–Crippen MR) is 125 cm³/mol. The molecule has 188 valence electrons. The molecule has 0 aliphatic carbocycles. The van der Waals surface area contributed by atoms with Crippen LogP contribution in [0.5, 0.6) is 0 Å². The second-order valence-electron chi connectivity index (χ2n) is 6.62. The molecule has 0 aromatic carbocycles. The van der Waals surface area contributed by atoms with Crippen molar-refractivity contribution in [2.75, 3.05) is 62.7 Å². The normalized spacial score (nSPS) is 10.7. The molecule has 12 heteroatoms. The van der Waals surface area contributed by atoms with E-state index in [1.165, 1.54) is 23.5 Å². The maximum absolute atomic E-state index is 12.1. The van der Waals surface area contributed by atoms with Crippen molar-refractivity contribution in [2.45, 2.75) is 12.8 Å². The van der Waals surface area contributed by atoms with Gasteiger partial charge in [-0.15, -0.1) is 0 Å². The third kappa shape index (κ3) is 16.3. The molecule has 0 aliphatic rings. The molecule has 0 saturated carbocycles. The van der Waals surface area contributed by atoms with Crippen LogP contribution in [-0.2, 0) is 38.1 Å². The molecular formula is C21H32O10S2. The van der Waals surface area contributed by atoms with Gasteiger partial charge < -0.3 is 29.2 Å². The van der Waals surface area contributed by atoms with Gasteiger partial charge in [0.05, 0.1) is 26.1 Å². The van der Waals surface area contributed by atoms with Crippen molar-refractivity contribution in [1.82, 2.24) is 0 Å². The summed E-state index contributed by atoms with van der Waals surface area (Å²) >= 11 is 2.75. The first-order chi connectivity index (χ1) is 15.8. The van der Waals surface area contributed by atoms with E-state index in [9.17, 15) is 19.2 Å². The van der Waals surface area contributed by atoms with E-state index in [4.69, 9.17) is 29.2 Å². The third-order valence-electron chi connectivity index (χ3n) is 3.83. The molecule has 0 fully saturated rings. The minimum atomic E-state index is -1.35. The van der Waals surface area contributed by atoms with Crippen LogP contribution in [0.4, 0.5) is 0 Å². The average Bonchev–Trinajstić information content (AvgIpc) is 2.83. The summed E-state index contributed by atoms with van der Waals surface area (Å²) in [5.41, 5.74) is -1.35. The lowest BCUT2D eigenvalue weighted by molar-refractivity contribution is -0.167.